The van der Waals surface area contributed by atoms with Crippen LogP contribution in [0.2, 0.25) is 5.02 Å². The van der Waals surface area contributed by atoms with Crippen molar-refractivity contribution in [3.8, 4) is 0 Å². The zero-order chi connectivity index (χ0) is 19.6. The lowest BCUT2D eigenvalue weighted by Crippen LogP contribution is -2.44. The van der Waals surface area contributed by atoms with E-state index in [4.69, 9.17) is 11.6 Å². The summed E-state index contributed by atoms with van der Waals surface area (Å²) < 4.78 is 0. The van der Waals surface area contributed by atoms with Crippen LogP contribution in [0.15, 0.2) is 48.5 Å². The molecule has 7 heteroatoms. The number of rotatable bonds is 5. The van der Waals surface area contributed by atoms with Gasteiger partial charge in [0, 0.05) is 10.7 Å². The molecule has 2 aromatic carbocycles. The number of carbonyl (C=O) groups excluding carboxylic acids is 3. The van der Waals surface area contributed by atoms with Gasteiger partial charge in [0.2, 0.25) is 5.91 Å². The number of nitrogens with zero attached hydrogens (tertiary/aromatic N) is 1. The average molecular weight is 386 g/mol. The van der Waals surface area contributed by atoms with E-state index in [2.05, 4.69) is 10.6 Å². The molecular formula is C20H20ClN3O3. The van der Waals surface area contributed by atoms with Crippen LogP contribution in [0.3, 0.4) is 0 Å². The molecule has 1 aliphatic rings. The number of aryl methyl sites for hydroxylation is 1. The molecule has 0 aliphatic carbocycles. The van der Waals surface area contributed by atoms with Gasteiger partial charge in [-0.2, -0.15) is 0 Å². The number of urea groups is 1. The first-order valence-electron chi connectivity index (χ1n) is 8.62. The van der Waals surface area contributed by atoms with E-state index in [1.807, 2.05) is 32.0 Å². The third-order valence-electron chi connectivity index (χ3n) is 4.65. The molecule has 6 nitrogen and oxygen atoms in total. The molecule has 0 unspecified atom stereocenters. The Morgan fingerprint density at radius 1 is 1.19 bits per heavy atom. The highest BCUT2D eigenvalue weighted by Gasteiger charge is 2.51. The van der Waals surface area contributed by atoms with Crippen molar-refractivity contribution in [1.29, 1.82) is 0 Å². The first-order chi connectivity index (χ1) is 12.9. The lowest BCUT2D eigenvalue weighted by molar-refractivity contribution is -0.134. The van der Waals surface area contributed by atoms with Crippen molar-refractivity contribution in [3.05, 3.63) is 64.7 Å². The SMILES string of the molecule is CC[C@]1(c2ccc(Cl)cc2)NC(=O)N(CC(=O)Nc2cccc(C)c2)C1=O. The van der Waals surface area contributed by atoms with Crippen molar-refractivity contribution in [1.82, 2.24) is 10.2 Å². The molecule has 2 aromatic rings. The minimum atomic E-state index is -1.19. The van der Waals surface area contributed by atoms with Gasteiger partial charge in [-0.3, -0.25) is 14.5 Å². The van der Waals surface area contributed by atoms with Crippen LogP contribution in [0.25, 0.3) is 0 Å². The van der Waals surface area contributed by atoms with E-state index in [0.29, 0.717) is 22.7 Å². The molecule has 0 bridgehead atoms. The lowest BCUT2D eigenvalue weighted by atomic mass is 9.87. The molecule has 140 valence electrons. The average Bonchev–Trinajstić information content (AvgIpc) is 2.87. The number of halogens is 1. The van der Waals surface area contributed by atoms with Gasteiger partial charge in [-0.05, 0) is 48.7 Å². The molecule has 0 saturated carbocycles. The van der Waals surface area contributed by atoms with Crippen LogP contribution in [0.4, 0.5) is 10.5 Å². The van der Waals surface area contributed by atoms with Crippen LogP contribution in [0, 0.1) is 6.92 Å². The van der Waals surface area contributed by atoms with Crippen molar-refractivity contribution < 1.29 is 14.4 Å². The van der Waals surface area contributed by atoms with E-state index in [1.165, 1.54) is 0 Å². The fourth-order valence-electron chi connectivity index (χ4n) is 3.21. The van der Waals surface area contributed by atoms with E-state index >= 15 is 0 Å². The highest BCUT2D eigenvalue weighted by atomic mass is 35.5. The number of benzene rings is 2. The molecule has 27 heavy (non-hydrogen) atoms. The van der Waals surface area contributed by atoms with Crippen LogP contribution in [-0.2, 0) is 15.1 Å². The smallest absolute Gasteiger partial charge is 0.325 e. The molecule has 3 rings (SSSR count). The molecule has 0 spiro atoms. The molecule has 4 amide bonds. The summed E-state index contributed by atoms with van der Waals surface area (Å²) in [4.78, 5) is 38.8. The molecule has 0 radical (unpaired) electrons. The number of hydrogen-bond acceptors (Lipinski definition) is 3. The van der Waals surface area contributed by atoms with Crippen LogP contribution in [0.5, 0.6) is 0 Å². The number of anilines is 1. The predicted octanol–water partition coefficient (Wildman–Crippen LogP) is 3.44. The van der Waals surface area contributed by atoms with Gasteiger partial charge in [-0.15, -0.1) is 0 Å². The maximum Gasteiger partial charge on any atom is 0.325 e. The number of nitrogens with one attached hydrogen (secondary N) is 2. The van der Waals surface area contributed by atoms with Gasteiger partial charge in [0.1, 0.15) is 12.1 Å². The summed E-state index contributed by atoms with van der Waals surface area (Å²) in [6.45, 7) is 3.37. The molecule has 1 fully saturated rings. The fraction of sp³-hybridized carbons (Fsp3) is 0.250. The highest BCUT2D eigenvalue weighted by Crippen LogP contribution is 2.33. The quantitative estimate of drug-likeness (QED) is 0.774. The molecule has 1 aliphatic heterocycles. The second-order valence-corrected chi connectivity index (χ2v) is 6.94. The molecule has 0 aromatic heterocycles. The fourth-order valence-corrected chi connectivity index (χ4v) is 3.34. The van der Waals surface area contributed by atoms with Gasteiger partial charge in [-0.25, -0.2) is 4.79 Å². The highest BCUT2D eigenvalue weighted by molar-refractivity contribution is 6.30. The monoisotopic (exact) mass is 385 g/mol. The van der Waals surface area contributed by atoms with Crippen LogP contribution in [0.1, 0.15) is 24.5 Å². The number of hydrogen-bond donors (Lipinski definition) is 2. The van der Waals surface area contributed by atoms with Crippen LogP contribution in [-0.4, -0.2) is 29.3 Å². The maximum absolute atomic E-state index is 13.0. The molecule has 1 atom stereocenters. The number of amides is 4. The van der Waals surface area contributed by atoms with E-state index in [1.54, 1.807) is 30.3 Å². The summed E-state index contributed by atoms with van der Waals surface area (Å²) >= 11 is 5.92. The standard InChI is InChI=1S/C20H20ClN3O3/c1-3-20(14-7-9-15(21)10-8-14)18(26)24(19(27)23-20)12-17(25)22-16-6-4-5-13(2)11-16/h4-11H,3,12H2,1-2H3,(H,22,25)(H,23,27)/t20-/m1/s1. The number of carbonyl (C=O) groups is 3. The Kier molecular flexibility index (Phi) is 5.19. The largest absolute Gasteiger partial charge is 0.325 e. The maximum atomic E-state index is 13.0. The molecular weight excluding hydrogens is 366 g/mol. The first kappa shape index (κ1) is 18.9. The Morgan fingerprint density at radius 3 is 2.52 bits per heavy atom. The van der Waals surface area contributed by atoms with Gasteiger partial charge < -0.3 is 10.6 Å². The predicted molar refractivity (Wildman–Crippen MR) is 103 cm³/mol. The van der Waals surface area contributed by atoms with E-state index in [-0.39, 0.29) is 6.54 Å². The van der Waals surface area contributed by atoms with E-state index in [0.717, 1.165) is 10.5 Å². The summed E-state index contributed by atoms with van der Waals surface area (Å²) in [5.41, 5.74) is 1.06. The Labute approximate surface area is 162 Å². The zero-order valence-corrected chi connectivity index (χ0v) is 15.8. The second kappa shape index (κ2) is 7.40. The van der Waals surface area contributed by atoms with Gasteiger partial charge in [0.25, 0.3) is 5.91 Å². The van der Waals surface area contributed by atoms with Crippen molar-refractivity contribution >= 4 is 35.1 Å². The summed E-state index contributed by atoms with van der Waals surface area (Å²) in [6.07, 6.45) is 0.356. The van der Waals surface area contributed by atoms with Gasteiger partial charge >= 0.3 is 6.03 Å². The van der Waals surface area contributed by atoms with Gasteiger partial charge in [0.05, 0.1) is 0 Å². The van der Waals surface area contributed by atoms with Crippen LogP contribution < -0.4 is 10.6 Å². The van der Waals surface area contributed by atoms with Crippen molar-refractivity contribution in [2.45, 2.75) is 25.8 Å². The Morgan fingerprint density at radius 2 is 1.89 bits per heavy atom. The van der Waals surface area contributed by atoms with E-state index in [9.17, 15) is 14.4 Å². The third-order valence-corrected chi connectivity index (χ3v) is 4.90. The Hall–Kier alpha value is -2.86. The van der Waals surface area contributed by atoms with Crippen LogP contribution >= 0.6 is 11.6 Å². The molecule has 1 saturated heterocycles. The zero-order valence-electron chi connectivity index (χ0n) is 15.1. The van der Waals surface area contributed by atoms with Gasteiger partial charge in [-0.1, -0.05) is 42.8 Å². The molecule has 2 N–H and O–H groups in total. The summed E-state index contributed by atoms with van der Waals surface area (Å²) in [7, 11) is 0. The topological polar surface area (TPSA) is 78.5 Å². The molecule has 1 heterocycles. The second-order valence-electron chi connectivity index (χ2n) is 6.50. The van der Waals surface area contributed by atoms with Gasteiger partial charge in [0.15, 0.2) is 0 Å². The lowest BCUT2D eigenvalue weighted by Gasteiger charge is -2.25. The van der Waals surface area contributed by atoms with Crippen molar-refractivity contribution in [3.63, 3.8) is 0 Å². The first-order valence-corrected chi connectivity index (χ1v) is 9.00. The van der Waals surface area contributed by atoms with Crippen molar-refractivity contribution in [2.75, 3.05) is 11.9 Å². The number of imide groups is 1. The summed E-state index contributed by atoms with van der Waals surface area (Å²) in [5, 5.41) is 6.00. The minimum Gasteiger partial charge on any atom is -0.325 e. The minimum absolute atomic E-state index is 0.353. The summed E-state index contributed by atoms with van der Waals surface area (Å²) in [6, 6.07) is 13.5. The third kappa shape index (κ3) is 3.66. The van der Waals surface area contributed by atoms with E-state index < -0.39 is 23.4 Å². The summed E-state index contributed by atoms with van der Waals surface area (Å²) in [5.74, 6) is -0.885. The Balaban J connectivity index is 1.78. The van der Waals surface area contributed by atoms with Crippen molar-refractivity contribution in [2.24, 2.45) is 0 Å². The Bertz CT molecular complexity index is 898. The normalized spacial score (nSPS) is 19.1.